The molecule has 0 aliphatic heterocycles. The van der Waals surface area contributed by atoms with Gasteiger partial charge in [-0.25, -0.2) is 4.79 Å². The first-order chi connectivity index (χ1) is 8.43. The highest BCUT2D eigenvalue weighted by Gasteiger charge is 2.30. The van der Waals surface area contributed by atoms with Crippen molar-refractivity contribution in [2.24, 2.45) is 11.8 Å². The first-order valence-corrected chi connectivity index (χ1v) is 6.73. The van der Waals surface area contributed by atoms with Crippen molar-refractivity contribution < 1.29 is 14.7 Å². The lowest BCUT2D eigenvalue weighted by molar-refractivity contribution is -0.141. The minimum absolute atomic E-state index is 0.00441. The van der Waals surface area contributed by atoms with Crippen molar-refractivity contribution in [3.8, 4) is 0 Å². The summed E-state index contributed by atoms with van der Waals surface area (Å²) in [4.78, 5) is 22.5. The van der Waals surface area contributed by atoms with Crippen molar-refractivity contribution in [3.63, 3.8) is 0 Å². The maximum Gasteiger partial charge on any atom is 0.315 e. The Morgan fingerprint density at radius 2 is 2.00 bits per heavy atom. The van der Waals surface area contributed by atoms with E-state index in [1.165, 1.54) is 0 Å². The minimum Gasteiger partial charge on any atom is -0.481 e. The fraction of sp³-hybridized carbons (Fsp3) is 0.846. The molecule has 2 amide bonds. The molecule has 4 atom stereocenters. The topological polar surface area (TPSA) is 78.4 Å². The third-order valence-corrected chi connectivity index (χ3v) is 3.97. The van der Waals surface area contributed by atoms with Crippen LogP contribution in [0.25, 0.3) is 0 Å². The molecule has 5 nitrogen and oxygen atoms in total. The number of carbonyl (C=O) groups excluding carboxylic acids is 1. The van der Waals surface area contributed by atoms with Crippen LogP contribution in [0.1, 0.15) is 46.5 Å². The summed E-state index contributed by atoms with van der Waals surface area (Å²) in [6.07, 6.45) is 2.97. The van der Waals surface area contributed by atoms with Crippen LogP contribution in [-0.2, 0) is 4.79 Å². The molecule has 0 radical (unpaired) electrons. The van der Waals surface area contributed by atoms with Crippen molar-refractivity contribution in [3.05, 3.63) is 0 Å². The highest BCUT2D eigenvalue weighted by Crippen LogP contribution is 2.25. The van der Waals surface area contributed by atoms with Crippen molar-refractivity contribution in [2.75, 3.05) is 0 Å². The molecule has 0 bridgehead atoms. The summed E-state index contributed by atoms with van der Waals surface area (Å²) in [6.45, 7) is 6.18. The summed E-state index contributed by atoms with van der Waals surface area (Å²) in [5, 5.41) is 14.7. The van der Waals surface area contributed by atoms with Gasteiger partial charge in [0.05, 0.1) is 5.92 Å². The quantitative estimate of drug-likeness (QED) is 0.703. The van der Waals surface area contributed by atoms with E-state index in [0.29, 0.717) is 18.8 Å². The Labute approximate surface area is 108 Å². The van der Waals surface area contributed by atoms with E-state index in [4.69, 9.17) is 5.11 Å². The molecule has 1 rings (SSSR count). The lowest BCUT2D eigenvalue weighted by atomic mass is 10.0. The zero-order chi connectivity index (χ0) is 13.7. The number of carbonyl (C=O) groups is 2. The zero-order valence-electron chi connectivity index (χ0n) is 11.4. The largest absolute Gasteiger partial charge is 0.481 e. The van der Waals surface area contributed by atoms with E-state index in [2.05, 4.69) is 24.5 Å². The molecule has 104 valence electrons. The molecule has 0 spiro atoms. The highest BCUT2D eigenvalue weighted by molar-refractivity contribution is 5.75. The lowest BCUT2D eigenvalue weighted by Crippen LogP contribution is -2.46. The number of hydrogen-bond donors (Lipinski definition) is 3. The summed E-state index contributed by atoms with van der Waals surface area (Å²) in [6, 6.07) is -0.0549. The summed E-state index contributed by atoms with van der Waals surface area (Å²) in [5.41, 5.74) is 0. The molecule has 1 aliphatic carbocycles. The second-order valence-corrected chi connectivity index (χ2v) is 5.34. The summed E-state index contributed by atoms with van der Waals surface area (Å²) in [5.74, 6) is -0.624. The van der Waals surface area contributed by atoms with Crippen LogP contribution in [0.2, 0.25) is 0 Å². The number of carboxylic acid groups (broad SMARTS) is 1. The average Bonchev–Trinajstić information content (AvgIpc) is 2.76. The van der Waals surface area contributed by atoms with E-state index in [-0.39, 0.29) is 24.0 Å². The first kappa shape index (κ1) is 14.8. The number of aliphatic carboxylic acids is 1. The number of carboxylic acids is 1. The lowest BCUT2D eigenvalue weighted by Gasteiger charge is -2.21. The number of amides is 2. The molecule has 1 fully saturated rings. The van der Waals surface area contributed by atoms with Gasteiger partial charge >= 0.3 is 12.0 Å². The Balaban J connectivity index is 2.31. The predicted molar refractivity (Wildman–Crippen MR) is 69.3 cm³/mol. The van der Waals surface area contributed by atoms with Gasteiger partial charge in [0.15, 0.2) is 0 Å². The van der Waals surface area contributed by atoms with Crippen LogP contribution in [0.4, 0.5) is 4.79 Å². The van der Waals surface area contributed by atoms with Gasteiger partial charge in [0.1, 0.15) is 0 Å². The number of rotatable bonds is 5. The fourth-order valence-electron chi connectivity index (χ4n) is 2.27. The minimum atomic E-state index is -0.757. The summed E-state index contributed by atoms with van der Waals surface area (Å²) < 4.78 is 0. The van der Waals surface area contributed by atoms with E-state index in [1.54, 1.807) is 0 Å². The molecule has 5 heteroatoms. The molecule has 0 aromatic heterocycles. The smallest absolute Gasteiger partial charge is 0.315 e. The van der Waals surface area contributed by atoms with Gasteiger partial charge < -0.3 is 15.7 Å². The van der Waals surface area contributed by atoms with Crippen molar-refractivity contribution >= 4 is 12.0 Å². The standard InChI is InChI=1S/C13H24N2O3/c1-4-8(2)9(3)14-13(18)15-11-6-5-10(7-11)12(16)17/h8-11H,4-7H2,1-3H3,(H,16,17)(H2,14,15,18)/t8?,9?,10-,11+/m1/s1. The van der Waals surface area contributed by atoms with Crippen molar-refractivity contribution in [1.29, 1.82) is 0 Å². The maximum atomic E-state index is 11.7. The maximum absolute atomic E-state index is 11.7. The highest BCUT2D eigenvalue weighted by atomic mass is 16.4. The molecule has 0 saturated heterocycles. The molecule has 0 heterocycles. The molecule has 0 aromatic carbocycles. The van der Waals surface area contributed by atoms with Gasteiger partial charge in [-0.05, 0) is 32.1 Å². The van der Waals surface area contributed by atoms with Crippen LogP contribution < -0.4 is 10.6 Å². The number of nitrogens with one attached hydrogen (secondary N) is 2. The number of hydrogen-bond acceptors (Lipinski definition) is 2. The van der Waals surface area contributed by atoms with Crippen LogP contribution in [0.5, 0.6) is 0 Å². The monoisotopic (exact) mass is 256 g/mol. The number of urea groups is 1. The van der Waals surface area contributed by atoms with Gasteiger partial charge in [0, 0.05) is 12.1 Å². The molecule has 3 N–H and O–H groups in total. The van der Waals surface area contributed by atoms with Crippen molar-refractivity contribution in [2.45, 2.75) is 58.5 Å². The molecule has 1 saturated carbocycles. The average molecular weight is 256 g/mol. The Bertz CT molecular complexity index is 307. The SMILES string of the molecule is CCC(C)C(C)NC(=O)N[C@H]1CC[C@@H](C(=O)O)C1. The third-order valence-electron chi connectivity index (χ3n) is 3.97. The van der Waals surface area contributed by atoms with Gasteiger partial charge in [0.2, 0.25) is 0 Å². The van der Waals surface area contributed by atoms with Crippen LogP contribution in [0.3, 0.4) is 0 Å². The Morgan fingerprint density at radius 3 is 2.50 bits per heavy atom. The van der Waals surface area contributed by atoms with Gasteiger partial charge in [0.25, 0.3) is 0 Å². The fourth-order valence-corrected chi connectivity index (χ4v) is 2.27. The molecular formula is C13H24N2O3. The molecule has 2 unspecified atom stereocenters. The molecular weight excluding hydrogens is 232 g/mol. The molecule has 1 aliphatic rings. The van der Waals surface area contributed by atoms with E-state index in [9.17, 15) is 9.59 Å². The van der Waals surface area contributed by atoms with Gasteiger partial charge in [-0.1, -0.05) is 20.3 Å². The normalized spacial score (nSPS) is 26.4. The van der Waals surface area contributed by atoms with Crippen LogP contribution in [0, 0.1) is 11.8 Å². The molecule has 0 aromatic rings. The summed E-state index contributed by atoms with van der Waals surface area (Å²) >= 11 is 0. The first-order valence-electron chi connectivity index (χ1n) is 6.73. The third kappa shape index (κ3) is 4.20. The second kappa shape index (κ2) is 6.61. The van der Waals surface area contributed by atoms with Crippen LogP contribution >= 0.6 is 0 Å². The van der Waals surface area contributed by atoms with Gasteiger partial charge in [-0.3, -0.25) is 4.79 Å². The van der Waals surface area contributed by atoms with Crippen LogP contribution in [-0.4, -0.2) is 29.2 Å². The molecule has 18 heavy (non-hydrogen) atoms. The Kier molecular flexibility index (Phi) is 5.44. The second-order valence-electron chi connectivity index (χ2n) is 5.34. The van der Waals surface area contributed by atoms with E-state index in [0.717, 1.165) is 12.8 Å². The van der Waals surface area contributed by atoms with Crippen LogP contribution in [0.15, 0.2) is 0 Å². The Hall–Kier alpha value is -1.26. The van der Waals surface area contributed by atoms with Gasteiger partial charge in [-0.2, -0.15) is 0 Å². The van der Waals surface area contributed by atoms with Gasteiger partial charge in [-0.15, -0.1) is 0 Å². The van der Waals surface area contributed by atoms with Crippen molar-refractivity contribution in [1.82, 2.24) is 10.6 Å². The van der Waals surface area contributed by atoms with E-state index < -0.39 is 5.97 Å². The van der Waals surface area contributed by atoms with E-state index >= 15 is 0 Å². The Morgan fingerprint density at radius 1 is 1.33 bits per heavy atom. The zero-order valence-corrected chi connectivity index (χ0v) is 11.4. The summed E-state index contributed by atoms with van der Waals surface area (Å²) in [7, 11) is 0. The predicted octanol–water partition coefficient (Wildman–Crippen LogP) is 1.97. The van der Waals surface area contributed by atoms with E-state index in [1.807, 2.05) is 6.92 Å².